The maximum Gasteiger partial charge on any atom is 0.325 e. The van der Waals surface area contributed by atoms with Crippen molar-refractivity contribution in [2.24, 2.45) is 11.3 Å². The van der Waals surface area contributed by atoms with E-state index in [0.29, 0.717) is 18.8 Å². The maximum absolute atomic E-state index is 12.7. The summed E-state index contributed by atoms with van der Waals surface area (Å²) in [4.78, 5) is 48.1. The van der Waals surface area contributed by atoms with Gasteiger partial charge in [0.05, 0.1) is 6.42 Å². The molecule has 0 aromatic carbocycles. The molecule has 1 heterocycles. The second-order valence-corrected chi connectivity index (χ2v) is 8.04. The molecule has 1 saturated heterocycles. The van der Waals surface area contributed by atoms with Gasteiger partial charge in [0, 0.05) is 6.54 Å². The molecule has 0 atom stereocenters. The van der Waals surface area contributed by atoms with Gasteiger partial charge in [-0.2, -0.15) is 0 Å². The van der Waals surface area contributed by atoms with Crippen LogP contribution in [0.15, 0.2) is 0 Å². The van der Waals surface area contributed by atoms with Crippen molar-refractivity contribution in [2.45, 2.75) is 58.4 Å². The van der Waals surface area contributed by atoms with Crippen LogP contribution in [0.25, 0.3) is 0 Å². The number of imide groups is 1. The molecular weight excluding hydrogens is 326 g/mol. The summed E-state index contributed by atoms with van der Waals surface area (Å²) in [6.45, 7) is 6.13. The molecule has 0 aromatic heterocycles. The number of urea groups is 1. The van der Waals surface area contributed by atoms with Gasteiger partial charge in [-0.05, 0) is 37.0 Å². The Labute approximate surface area is 147 Å². The topological polar surface area (TPSA) is 116 Å². The van der Waals surface area contributed by atoms with Gasteiger partial charge in [-0.15, -0.1) is 0 Å². The summed E-state index contributed by atoms with van der Waals surface area (Å²) < 4.78 is 0. The third-order valence-electron chi connectivity index (χ3n) is 5.27. The van der Waals surface area contributed by atoms with E-state index in [0.717, 1.165) is 17.7 Å². The number of amides is 4. The van der Waals surface area contributed by atoms with Crippen molar-refractivity contribution in [1.29, 1.82) is 0 Å². The molecule has 0 radical (unpaired) electrons. The largest absolute Gasteiger partial charge is 0.481 e. The van der Waals surface area contributed by atoms with Crippen molar-refractivity contribution in [3.8, 4) is 0 Å². The highest BCUT2D eigenvalue weighted by Gasteiger charge is 2.53. The van der Waals surface area contributed by atoms with Gasteiger partial charge in [0.15, 0.2) is 0 Å². The quantitative estimate of drug-likeness (QED) is 0.640. The number of nitrogens with zero attached hydrogens (tertiary/aromatic N) is 1. The van der Waals surface area contributed by atoms with Crippen LogP contribution in [0.3, 0.4) is 0 Å². The Morgan fingerprint density at radius 3 is 2.40 bits per heavy atom. The van der Waals surface area contributed by atoms with Crippen LogP contribution < -0.4 is 10.6 Å². The SMILES string of the molecule is CC(C)(C)C1CCC2(CC1)NC(=O)N(CC(=O)NCCC(=O)O)C2=O. The molecule has 3 N–H and O–H groups in total. The van der Waals surface area contributed by atoms with Gasteiger partial charge >= 0.3 is 12.0 Å². The zero-order valence-corrected chi connectivity index (χ0v) is 15.1. The van der Waals surface area contributed by atoms with E-state index in [1.807, 2.05) is 0 Å². The molecule has 1 spiro atoms. The zero-order chi connectivity index (χ0) is 18.8. The average Bonchev–Trinajstić information content (AvgIpc) is 2.71. The van der Waals surface area contributed by atoms with Gasteiger partial charge in [-0.3, -0.25) is 19.3 Å². The Kier molecular flexibility index (Phi) is 5.39. The van der Waals surface area contributed by atoms with Crippen LogP contribution in [0.4, 0.5) is 4.79 Å². The van der Waals surface area contributed by atoms with E-state index in [1.165, 1.54) is 0 Å². The number of carboxylic acids is 1. The number of nitrogens with one attached hydrogen (secondary N) is 2. The monoisotopic (exact) mass is 353 g/mol. The summed E-state index contributed by atoms with van der Waals surface area (Å²) in [7, 11) is 0. The molecule has 140 valence electrons. The van der Waals surface area contributed by atoms with Gasteiger partial charge in [0.25, 0.3) is 5.91 Å². The number of carbonyl (C=O) groups excluding carboxylic acids is 3. The molecule has 8 nitrogen and oxygen atoms in total. The van der Waals surface area contributed by atoms with Crippen LogP contribution >= 0.6 is 0 Å². The molecule has 25 heavy (non-hydrogen) atoms. The van der Waals surface area contributed by atoms with E-state index in [2.05, 4.69) is 31.4 Å². The minimum absolute atomic E-state index is 0.0315. The lowest BCUT2D eigenvalue weighted by Gasteiger charge is -2.40. The van der Waals surface area contributed by atoms with Gasteiger partial charge in [-0.1, -0.05) is 20.8 Å². The number of carboxylic acid groups (broad SMARTS) is 1. The number of carbonyl (C=O) groups is 4. The Bertz CT molecular complexity index is 573. The molecular formula is C17H27N3O5. The molecule has 1 aliphatic carbocycles. The Hall–Kier alpha value is -2.12. The van der Waals surface area contributed by atoms with E-state index < -0.39 is 23.4 Å². The fourth-order valence-electron chi connectivity index (χ4n) is 3.64. The standard InChI is InChI=1S/C17H27N3O5/c1-16(2,3)11-4-7-17(8-5-11)14(24)20(15(25)19-17)10-12(21)18-9-6-13(22)23/h11H,4-10H2,1-3H3,(H,18,21)(H,19,25)(H,22,23). The van der Waals surface area contributed by atoms with Crippen molar-refractivity contribution in [2.75, 3.05) is 13.1 Å². The predicted molar refractivity (Wildman–Crippen MR) is 89.7 cm³/mol. The third kappa shape index (κ3) is 4.29. The highest BCUT2D eigenvalue weighted by Crippen LogP contribution is 2.43. The minimum atomic E-state index is -1.02. The van der Waals surface area contributed by atoms with Crippen LogP contribution in [0, 0.1) is 11.3 Å². The summed E-state index contributed by atoms with van der Waals surface area (Å²) in [5.74, 6) is -1.41. The zero-order valence-electron chi connectivity index (χ0n) is 15.1. The van der Waals surface area contributed by atoms with Crippen molar-refractivity contribution < 1.29 is 24.3 Å². The predicted octanol–water partition coefficient (Wildman–Crippen LogP) is 1.10. The maximum atomic E-state index is 12.7. The second-order valence-electron chi connectivity index (χ2n) is 8.04. The van der Waals surface area contributed by atoms with Crippen molar-refractivity contribution in [1.82, 2.24) is 15.5 Å². The third-order valence-corrected chi connectivity index (χ3v) is 5.27. The summed E-state index contributed by atoms with van der Waals surface area (Å²) >= 11 is 0. The Balaban J connectivity index is 1.94. The summed E-state index contributed by atoms with van der Waals surface area (Å²) in [6, 6.07) is -0.549. The van der Waals surface area contributed by atoms with Crippen LogP contribution in [0.5, 0.6) is 0 Å². The molecule has 1 aliphatic heterocycles. The summed E-state index contributed by atoms with van der Waals surface area (Å²) in [6.07, 6.45) is 2.67. The summed E-state index contributed by atoms with van der Waals surface area (Å²) in [5, 5.41) is 13.8. The lowest BCUT2D eigenvalue weighted by Crippen LogP contribution is -2.51. The van der Waals surface area contributed by atoms with Crippen molar-refractivity contribution in [3.63, 3.8) is 0 Å². The van der Waals surface area contributed by atoms with Gasteiger partial charge in [0.1, 0.15) is 12.1 Å². The second kappa shape index (κ2) is 7.01. The first kappa shape index (κ1) is 19.2. The molecule has 2 aliphatic rings. The summed E-state index contributed by atoms with van der Waals surface area (Å²) in [5.41, 5.74) is -0.725. The van der Waals surface area contributed by atoms with Crippen LogP contribution in [-0.4, -0.2) is 52.4 Å². The van der Waals surface area contributed by atoms with E-state index >= 15 is 0 Å². The van der Waals surface area contributed by atoms with E-state index in [1.54, 1.807) is 0 Å². The molecule has 0 aromatic rings. The van der Waals surface area contributed by atoms with Crippen LogP contribution in [0.2, 0.25) is 0 Å². The normalized spacial score (nSPS) is 26.7. The highest BCUT2D eigenvalue weighted by molar-refractivity contribution is 6.09. The molecule has 4 amide bonds. The van der Waals surface area contributed by atoms with Gasteiger partial charge in [0.2, 0.25) is 5.91 Å². The van der Waals surface area contributed by atoms with Gasteiger partial charge in [-0.25, -0.2) is 4.79 Å². The lowest BCUT2D eigenvalue weighted by molar-refractivity contribution is -0.138. The Morgan fingerprint density at radius 2 is 1.88 bits per heavy atom. The van der Waals surface area contributed by atoms with Crippen LogP contribution in [0.1, 0.15) is 52.9 Å². The van der Waals surface area contributed by atoms with E-state index in [9.17, 15) is 19.2 Å². The van der Waals surface area contributed by atoms with Crippen molar-refractivity contribution >= 4 is 23.8 Å². The first-order valence-corrected chi connectivity index (χ1v) is 8.68. The fourth-order valence-corrected chi connectivity index (χ4v) is 3.64. The fraction of sp³-hybridized carbons (Fsp3) is 0.765. The first-order valence-electron chi connectivity index (χ1n) is 8.68. The van der Waals surface area contributed by atoms with Crippen molar-refractivity contribution in [3.05, 3.63) is 0 Å². The molecule has 1 saturated carbocycles. The molecule has 2 rings (SSSR count). The molecule has 8 heteroatoms. The minimum Gasteiger partial charge on any atom is -0.481 e. The van der Waals surface area contributed by atoms with E-state index in [4.69, 9.17) is 5.11 Å². The van der Waals surface area contributed by atoms with Crippen LogP contribution in [-0.2, 0) is 14.4 Å². The smallest absolute Gasteiger partial charge is 0.325 e. The molecule has 0 unspecified atom stereocenters. The first-order chi connectivity index (χ1) is 11.5. The number of hydrogen-bond donors (Lipinski definition) is 3. The van der Waals surface area contributed by atoms with E-state index in [-0.39, 0.29) is 30.8 Å². The Morgan fingerprint density at radius 1 is 1.28 bits per heavy atom. The molecule has 0 bridgehead atoms. The van der Waals surface area contributed by atoms with Gasteiger partial charge < -0.3 is 15.7 Å². The average molecular weight is 353 g/mol. The lowest BCUT2D eigenvalue weighted by atomic mass is 9.67. The number of rotatable bonds is 5. The number of hydrogen-bond acceptors (Lipinski definition) is 4. The molecule has 2 fully saturated rings. The highest BCUT2D eigenvalue weighted by atomic mass is 16.4. The number of aliphatic carboxylic acids is 1.